The van der Waals surface area contributed by atoms with E-state index in [1.807, 2.05) is 13.8 Å². The quantitative estimate of drug-likeness (QED) is 0.477. The number of amides is 1. The molecule has 0 atom stereocenters. The molecule has 72 valence electrons. The molecule has 0 aliphatic carbocycles. The first-order chi connectivity index (χ1) is 5.45. The van der Waals surface area contributed by atoms with E-state index in [2.05, 4.69) is 17.0 Å². The van der Waals surface area contributed by atoms with Crippen LogP contribution in [0, 0.1) is 5.92 Å². The number of hydrogen-bond acceptors (Lipinski definition) is 3. The van der Waals surface area contributed by atoms with Gasteiger partial charge in [0.15, 0.2) is 5.76 Å². The zero-order valence-electron chi connectivity index (χ0n) is 7.83. The highest BCUT2D eigenvalue weighted by Gasteiger charge is 1.95. The van der Waals surface area contributed by atoms with Gasteiger partial charge in [0, 0.05) is 6.61 Å². The molecule has 0 aromatic rings. The van der Waals surface area contributed by atoms with Crippen LogP contribution in [0.3, 0.4) is 0 Å². The molecular formula is C8H17NO3. The summed E-state index contributed by atoms with van der Waals surface area (Å²) in [5, 5.41) is 8.14. The Morgan fingerprint density at radius 3 is 2.00 bits per heavy atom. The summed E-state index contributed by atoms with van der Waals surface area (Å²) in [7, 11) is 1.34. The van der Waals surface area contributed by atoms with Crippen molar-refractivity contribution in [3.05, 3.63) is 12.3 Å². The van der Waals surface area contributed by atoms with Gasteiger partial charge < -0.3 is 15.6 Å². The third-order valence-corrected chi connectivity index (χ3v) is 0.886. The van der Waals surface area contributed by atoms with E-state index in [1.165, 1.54) is 7.11 Å². The van der Waals surface area contributed by atoms with Gasteiger partial charge in [-0.1, -0.05) is 20.4 Å². The van der Waals surface area contributed by atoms with E-state index >= 15 is 0 Å². The normalized spacial score (nSPS) is 8.42. The SMILES string of the molecule is C=C(OC)C(N)=O.CC(C)CO. The van der Waals surface area contributed by atoms with Crippen LogP contribution in [-0.2, 0) is 9.53 Å². The maximum absolute atomic E-state index is 9.93. The van der Waals surface area contributed by atoms with Crippen LogP contribution in [0.25, 0.3) is 0 Å². The summed E-state index contributed by atoms with van der Waals surface area (Å²) in [6.07, 6.45) is 0. The van der Waals surface area contributed by atoms with Crippen molar-refractivity contribution in [3.8, 4) is 0 Å². The number of rotatable bonds is 3. The van der Waals surface area contributed by atoms with Crippen molar-refractivity contribution in [1.29, 1.82) is 0 Å². The lowest BCUT2D eigenvalue weighted by Gasteiger charge is -1.93. The Balaban J connectivity index is 0. The lowest BCUT2D eigenvalue weighted by Crippen LogP contribution is -2.13. The van der Waals surface area contributed by atoms with Crippen LogP contribution in [0.2, 0.25) is 0 Å². The molecule has 0 saturated heterocycles. The minimum Gasteiger partial charge on any atom is -0.492 e. The van der Waals surface area contributed by atoms with E-state index < -0.39 is 5.91 Å². The smallest absolute Gasteiger partial charge is 0.283 e. The average Bonchev–Trinajstić information content (AvgIpc) is 2.04. The molecule has 4 nitrogen and oxygen atoms in total. The molecule has 0 aromatic carbocycles. The topological polar surface area (TPSA) is 72.5 Å². The van der Waals surface area contributed by atoms with Gasteiger partial charge in [0.2, 0.25) is 0 Å². The highest BCUT2D eigenvalue weighted by molar-refractivity contribution is 5.89. The van der Waals surface area contributed by atoms with Crippen molar-refractivity contribution >= 4 is 5.91 Å². The molecular weight excluding hydrogens is 158 g/mol. The number of ether oxygens (including phenoxy) is 1. The van der Waals surface area contributed by atoms with Crippen molar-refractivity contribution < 1.29 is 14.6 Å². The van der Waals surface area contributed by atoms with Crippen molar-refractivity contribution in [2.24, 2.45) is 11.7 Å². The summed E-state index contributed by atoms with van der Waals surface area (Å²) in [5.41, 5.74) is 4.68. The zero-order chi connectivity index (χ0) is 10.1. The maximum Gasteiger partial charge on any atom is 0.283 e. The van der Waals surface area contributed by atoms with Gasteiger partial charge in [-0.05, 0) is 5.92 Å². The Labute approximate surface area is 73.0 Å². The second kappa shape index (κ2) is 8.07. The Bertz CT molecular complexity index is 143. The number of methoxy groups -OCH3 is 1. The minimum absolute atomic E-state index is 0.0139. The molecule has 0 heterocycles. The molecule has 4 heteroatoms. The van der Waals surface area contributed by atoms with Crippen LogP contribution in [0.5, 0.6) is 0 Å². The van der Waals surface area contributed by atoms with Crippen LogP contribution in [0.4, 0.5) is 0 Å². The number of carbonyl (C=O) groups is 1. The standard InChI is InChI=1S/C4H7NO2.C4H10O/c1-3(7-2)4(5)6;1-4(2)3-5/h1H2,2H3,(H2,5,6);4-5H,3H2,1-2H3. The molecule has 0 bridgehead atoms. The highest BCUT2D eigenvalue weighted by atomic mass is 16.5. The largest absolute Gasteiger partial charge is 0.492 e. The van der Waals surface area contributed by atoms with Gasteiger partial charge >= 0.3 is 0 Å². The molecule has 0 aliphatic heterocycles. The monoisotopic (exact) mass is 175 g/mol. The molecule has 0 saturated carbocycles. The van der Waals surface area contributed by atoms with Gasteiger partial charge in [0.25, 0.3) is 5.91 Å². The Morgan fingerprint density at radius 1 is 1.67 bits per heavy atom. The zero-order valence-corrected chi connectivity index (χ0v) is 7.83. The van der Waals surface area contributed by atoms with Crippen LogP contribution in [0.1, 0.15) is 13.8 Å². The Kier molecular flexibility index (Phi) is 9.11. The lowest BCUT2D eigenvalue weighted by molar-refractivity contribution is -0.117. The summed E-state index contributed by atoms with van der Waals surface area (Å²) in [6.45, 7) is 7.43. The first-order valence-electron chi connectivity index (χ1n) is 3.59. The van der Waals surface area contributed by atoms with E-state index in [-0.39, 0.29) is 5.76 Å². The summed E-state index contributed by atoms with van der Waals surface area (Å²) in [5.74, 6) is -0.197. The first-order valence-corrected chi connectivity index (χ1v) is 3.59. The fourth-order valence-electron chi connectivity index (χ4n) is 0.101. The number of primary amides is 1. The fraction of sp³-hybridized carbons (Fsp3) is 0.625. The van der Waals surface area contributed by atoms with Crippen LogP contribution >= 0.6 is 0 Å². The molecule has 1 amide bonds. The third-order valence-electron chi connectivity index (χ3n) is 0.886. The molecule has 12 heavy (non-hydrogen) atoms. The van der Waals surface area contributed by atoms with Gasteiger partial charge in [-0.15, -0.1) is 0 Å². The molecule has 3 N–H and O–H groups in total. The molecule has 0 spiro atoms. The molecule has 0 rings (SSSR count). The van der Waals surface area contributed by atoms with Crippen LogP contribution in [0.15, 0.2) is 12.3 Å². The summed E-state index contributed by atoms with van der Waals surface area (Å²) < 4.78 is 4.34. The molecule has 0 aliphatic rings. The van der Waals surface area contributed by atoms with Crippen molar-refractivity contribution in [1.82, 2.24) is 0 Å². The minimum atomic E-state index is -0.623. The van der Waals surface area contributed by atoms with E-state index in [4.69, 9.17) is 5.11 Å². The molecule has 0 unspecified atom stereocenters. The molecule has 0 aromatic heterocycles. The number of hydrogen-bond donors (Lipinski definition) is 2. The predicted octanol–water partition coefficient (Wildman–Crippen LogP) is 0.266. The van der Waals surface area contributed by atoms with E-state index in [0.717, 1.165) is 0 Å². The van der Waals surface area contributed by atoms with E-state index in [1.54, 1.807) is 0 Å². The molecule has 0 radical (unpaired) electrons. The maximum atomic E-state index is 9.93. The van der Waals surface area contributed by atoms with Gasteiger partial charge in [-0.25, -0.2) is 0 Å². The van der Waals surface area contributed by atoms with Crippen molar-refractivity contribution in [2.45, 2.75) is 13.8 Å². The summed E-state index contributed by atoms with van der Waals surface area (Å²) in [4.78, 5) is 9.93. The highest BCUT2D eigenvalue weighted by Crippen LogP contribution is 1.84. The van der Waals surface area contributed by atoms with Gasteiger partial charge in [0.05, 0.1) is 7.11 Å². The predicted molar refractivity (Wildman–Crippen MR) is 47.3 cm³/mol. The van der Waals surface area contributed by atoms with Gasteiger partial charge in [-0.2, -0.15) is 0 Å². The Morgan fingerprint density at radius 2 is 2.00 bits per heavy atom. The third kappa shape index (κ3) is 11.7. The second-order valence-corrected chi connectivity index (χ2v) is 2.57. The Hall–Kier alpha value is -1.03. The number of carbonyl (C=O) groups excluding carboxylic acids is 1. The van der Waals surface area contributed by atoms with Gasteiger partial charge in [-0.3, -0.25) is 4.79 Å². The van der Waals surface area contributed by atoms with E-state index in [0.29, 0.717) is 12.5 Å². The first kappa shape index (κ1) is 13.6. The summed E-state index contributed by atoms with van der Waals surface area (Å²) in [6, 6.07) is 0. The molecule has 0 fully saturated rings. The van der Waals surface area contributed by atoms with Crippen molar-refractivity contribution in [2.75, 3.05) is 13.7 Å². The number of nitrogens with two attached hydrogens (primary N) is 1. The van der Waals surface area contributed by atoms with Crippen molar-refractivity contribution in [3.63, 3.8) is 0 Å². The summed E-state index contributed by atoms with van der Waals surface area (Å²) >= 11 is 0. The second-order valence-electron chi connectivity index (χ2n) is 2.57. The number of aliphatic hydroxyl groups is 1. The van der Waals surface area contributed by atoms with Crippen LogP contribution < -0.4 is 5.73 Å². The average molecular weight is 175 g/mol. The number of aliphatic hydroxyl groups excluding tert-OH is 1. The lowest BCUT2D eigenvalue weighted by atomic mass is 10.2. The fourth-order valence-corrected chi connectivity index (χ4v) is 0.101. The van der Waals surface area contributed by atoms with E-state index in [9.17, 15) is 4.79 Å². The van der Waals surface area contributed by atoms with Gasteiger partial charge in [0.1, 0.15) is 0 Å². The van der Waals surface area contributed by atoms with Crippen LogP contribution in [-0.4, -0.2) is 24.7 Å².